The summed E-state index contributed by atoms with van der Waals surface area (Å²) < 4.78 is 0. The van der Waals surface area contributed by atoms with E-state index in [4.69, 9.17) is 0 Å². The summed E-state index contributed by atoms with van der Waals surface area (Å²) in [5, 5.41) is 0. The first-order valence-corrected chi connectivity index (χ1v) is 3.21. The molecule has 0 saturated heterocycles. The minimum atomic E-state index is 0.318. The molecule has 0 aliphatic heterocycles. The van der Waals surface area contributed by atoms with Crippen molar-refractivity contribution >= 4 is 0 Å². The van der Waals surface area contributed by atoms with Crippen LogP contribution in [0.3, 0.4) is 0 Å². The van der Waals surface area contributed by atoms with E-state index in [-0.39, 0.29) is 0 Å². The van der Waals surface area contributed by atoms with Crippen molar-refractivity contribution in [3.63, 3.8) is 0 Å². The summed E-state index contributed by atoms with van der Waals surface area (Å²) in [4.78, 5) is 0. The molecule has 0 heteroatoms. The lowest BCUT2D eigenvalue weighted by molar-refractivity contribution is 0.433. The van der Waals surface area contributed by atoms with Gasteiger partial charge in [-0.15, -0.1) is 5.92 Å². The Labute approximate surface area is 51.3 Å². The number of hydrogen-bond acceptors (Lipinski definition) is 0. The van der Waals surface area contributed by atoms with Gasteiger partial charge in [-0.1, -0.05) is 5.92 Å². The maximum Gasteiger partial charge on any atom is 0.0258 e. The van der Waals surface area contributed by atoms with Crippen LogP contribution in [0, 0.1) is 17.3 Å². The van der Waals surface area contributed by atoms with Crippen LogP contribution in [0.1, 0.15) is 33.1 Å². The highest BCUT2D eigenvalue weighted by molar-refractivity contribution is 5.11. The smallest absolute Gasteiger partial charge is 0.0258 e. The van der Waals surface area contributed by atoms with Crippen LogP contribution in [0.2, 0.25) is 0 Å². The Balaban J connectivity index is 2.65. The van der Waals surface area contributed by atoms with E-state index < -0.39 is 0 Å². The molecule has 0 fully saturated rings. The van der Waals surface area contributed by atoms with E-state index in [2.05, 4.69) is 25.7 Å². The largest absolute Gasteiger partial charge is 0.103 e. The molecular weight excluding hydrogens is 96.1 g/mol. The Morgan fingerprint density at radius 3 is 2.38 bits per heavy atom. The highest BCUT2D eigenvalue weighted by Crippen LogP contribution is 2.24. The molecule has 1 rings (SSSR count). The van der Waals surface area contributed by atoms with Gasteiger partial charge in [0, 0.05) is 11.8 Å². The van der Waals surface area contributed by atoms with Crippen LogP contribution < -0.4 is 0 Å². The Bertz CT molecular complexity index is 132. The van der Waals surface area contributed by atoms with Crippen molar-refractivity contribution in [1.29, 1.82) is 0 Å². The van der Waals surface area contributed by atoms with Gasteiger partial charge in [0.2, 0.25) is 0 Å². The molecule has 1 aliphatic rings. The first-order valence-electron chi connectivity index (χ1n) is 3.21. The van der Waals surface area contributed by atoms with Gasteiger partial charge in [0.05, 0.1) is 0 Å². The molecule has 0 amide bonds. The predicted molar refractivity (Wildman–Crippen MR) is 35.4 cm³/mol. The highest BCUT2D eigenvalue weighted by Gasteiger charge is 2.14. The molecule has 0 aromatic heterocycles. The van der Waals surface area contributed by atoms with Gasteiger partial charge in [-0.3, -0.25) is 0 Å². The fourth-order valence-electron chi connectivity index (χ4n) is 0.983. The second-order valence-corrected chi connectivity index (χ2v) is 3.04. The van der Waals surface area contributed by atoms with Gasteiger partial charge in [-0.05, 0) is 26.7 Å². The lowest BCUT2D eigenvalue weighted by Crippen LogP contribution is -2.10. The molecule has 0 spiro atoms. The standard InChI is InChI=1S/C8H12/c1-8(2)6-4-3-5-7-8/h3-4,6H2,1-2H3. The van der Waals surface area contributed by atoms with Crippen LogP contribution in [0.4, 0.5) is 0 Å². The Kier molecular flexibility index (Phi) is 1.29. The average molecular weight is 108 g/mol. The van der Waals surface area contributed by atoms with Crippen LogP contribution >= 0.6 is 0 Å². The number of rotatable bonds is 0. The normalized spacial score (nSPS) is 23.8. The van der Waals surface area contributed by atoms with Crippen molar-refractivity contribution in [2.45, 2.75) is 33.1 Å². The molecule has 0 radical (unpaired) electrons. The second kappa shape index (κ2) is 1.82. The molecule has 0 aromatic rings. The molecule has 0 atom stereocenters. The van der Waals surface area contributed by atoms with Gasteiger partial charge in [0.25, 0.3) is 0 Å². The van der Waals surface area contributed by atoms with E-state index in [1.54, 1.807) is 0 Å². The Hall–Kier alpha value is -0.440. The molecule has 44 valence electrons. The molecule has 0 nitrogen and oxygen atoms in total. The summed E-state index contributed by atoms with van der Waals surface area (Å²) in [5.41, 5.74) is 0.318. The maximum absolute atomic E-state index is 3.21. The van der Waals surface area contributed by atoms with E-state index in [0.29, 0.717) is 5.41 Å². The average Bonchev–Trinajstić information content (AvgIpc) is 1.65. The van der Waals surface area contributed by atoms with Crippen LogP contribution in [0.25, 0.3) is 0 Å². The van der Waals surface area contributed by atoms with E-state index in [1.165, 1.54) is 12.8 Å². The van der Waals surface area contributed by atoms with Gasteiger partial charge < -0.3 is 0 Å². The Morgan fingerprint density at radius 2 is 2.12 bits per heavy atom. The van der Waals surface area contributed by atoms with E-state index in [0.717, 1.165) is 6.42 Å². The first-order chi connectivity index (χ1) is 3.71. The fraction of sp³-hybridized carbons (Fsp3) is 0.750. The molecule has 0 saturated carbocycles. The lowest BCUT2D eigenvalue weighted by Gasteiger charge is -2.18. The number of hydrogen-bond donors (Lipinski definition) is 0. The van der Waals surface area contributed by atoms with Crippen molar-refractivity contribution in [3.05, 3.63) is 0 Å². The molecule has 1 aliphatic carbocycles. The summed E-state index contributed by atoms with van der Waals surface area (Å²) in [5.74, 6) is 6.33. The van der Waals surface area contributed by atoms with Gasteiger partial charge >= 0.3 is 0 Å². The predicted octanol–water partition coefficient (Wildman–Crippen LogP) is 2.20. The SMILES string of the molecule is CC1(C)C#CCCC1. The maximum atomic E-state index is 3.21. The minimum Gasteiger partial charge on any atom is -0.103 e. The summed E-state index contributed by atoms with van der Waals surface area (Å²) in [6.45, 7) is 4.42. The van der Waals surface area contributed by atoms with Crippen LogP contribution in [-0.2, 0) is 0 Å². The molecule has 0 bridgehead atoms. The van der Waals surface area contributed by atoms with Gasteiger partial charge in [-0.25, -0.2) is 0 Å². The molecule has 0 aromatic carbocycles. The zero-order valence-electron chi connectivity index (χ0n) is 5.62. The zero-order valence-corrected chi connectivity index (χ0v) is 5.62. The second-order valence-electron chi connectivity index (χ2n) is 3.04. The van der Waals surface area contributed by atoms with Gasteiger partial charge in [0.15, 0.2) is 0 Å². The van der Waals surface area contributed by atoms with Crippen molar-refractivity contribution in [3.8, 4) is 11.8 Å². The molecule has 8 heavy (non-hydrogen) atoms. The van der Waals surface area contributed by atoms with Gasteiger partial charge in [-0.2, -0.15) is 0 Å². The van der Waals surface area contributed by atoms with Crippen molar-refractivity contribution in [2.24, 2.45) is 5.41 Å². The van der Waals surface area contributed by atoms with E-state index in [1.807, 2.05) is 0 Å². The third-order valence-electron chi connectivity index (χ3n) is 1.53. The summed E-state index contributed by atoms with van der Waals surface area (Å²) in [7, 11) is 0. The van der Waals surface area contributed by atoms with Crippen LogP contribution in [0.15, 0.2) is 0 Å². The monoisotopic (exact) mass is 108 g/mol. The van der Waals surface area contributed by atoms with Gasteiger partial charge in [0.1, 0.15) is 0 Å². The quantitative estimate of drug-likeness (QED) is 0.417. The topological polar surface area (TPSA) is 0 Å². The molecular formula is C8H12. The third-order valence-corrected chi connectivity index (χ3v) is 1.53. The highest BCUT2D eigenvalue weighted by atomic mass is 14.2. The van der Waals surface area contributed by atoms with Crippen molar-refractivity contribution in [1.82, 2.24) is 0 Å². The van der Waals surface area contributed by atoms with Crippen molar-refractivity contribution < 1.29 is 0 Å². The summed E-state index contributed by atoms with van der Waals surface area (Å²) in [6.07, 6.45) is 3.68. The summed E-state index contributed by atoms with van der Waals surface area (Å²) in [6, 6.07) is 0. The minimum absolute atomic E-state index is 0.318. The Morgan fingerprint density at radius 1 is 1.38 bits per heavy atom. The molecule has 0 N–H and O–H groups in total. The lowest BCUT2D eigenvalue weighted by atomic mass is 9.85. The van der Waals surface area contributed by atoms with E-state index in [9.17, 15) is 0 Å². The summed E-state index contributed by atoms with van der Waals surface area (Å²) >= 11 is 0. The third kappa shape index (κ3) is 1.26. The van der Waals surface area contributed by atoms with Crippen molar-refractivity contribution in [2.75, 3.05) is 0 Å². The van der Waals surface area contributed by atoms with Crippen LogP contribution in [-0.4, -0.2) is 0 Å². The molecule has 0 heterocycles. The first kappa shape index (κ1) is 5.69. The van der Waals surface area contributed by atoms with E-state index >= 15 is 0 Å². The van der Waals surface area contributed by atoms with Crippen LogP contribution in [0.5, 0.6) is 0 Å². The fourth-order valence-corrected chi connectivity index (χ4v) is 0.983. The zero-order chi connectivity index (χ0) is 6.04. The molecule has 0 unspecified atom stereocenters.